The Labute approximate surface area is 119 Å². The minimum absolute atomic E-state index is 0.248. The van der Waals surface area contributed by atoms with E-state index >= 15 is 0 Å². The third-order valence-corrected chi connectivity index (χ3v) is 3.52. The van der Waals surface area contributed by atoms with Crippen LogP contribution in [0.15, 0.2) is 11.2 Å². The molecule has 1 amide bonds. The number of hydrogen-bond donors (Lipinski definition) is 3. The first-order chi connectivity index (χ1) is 9.60. The summed E-state index contributed by atoms with van der Waals surface area (Å²) in [7, 11) is 1.73. The van der Waals surface area contributed by atoms with E-state index in [-0.39, 0.29) is 6.73 Å². The summed E-state index contributed by atoms with van der Waals surface area (Å²) in [4.78, 5) is 20.1. The number of hydrogen-bond acceptors (Lipinski definition) is 7. The zero-order chi connectivity index (χ0) is 14.7. The van der Waals surface area contributed by atoms with Crippen LogP contribution in [0.25, 0.3) is 11.0 Å². The van der Waals surface area contributed by atoms with E-state index in [4.69, 9.17) is 16.2 Å². The van der Waals surface area contributed by atoms with Crippen LogP contribution in [-0.4, -0.2) is 33.4 Å². The highest BCUT2D eigenvalue weighted by molar-refractivity contribution is 8.13. The van der Waals surface area contributed by atoms with Gasteiger partial charge < -0.3 is 21.5 Å². The number of carbonyl (C=O) groups excluding carboxylic acids is 1. The van der Waals surface area contributed by atoms with Gasteiger partial charge in [0, 0.05) is 13.7 Å². The summed E-state index contributed by atoms with van der Waals surface area (Å²) in [5, 5.41) is 3.07. The van der Waals surface area contributed by atoms with E-state index < -0.39 is 5.24 Å². The van der Waals surface area contributed by atoms with Crippen molar-refractivity contribution < 1.29 is 9.53 Å². The Kier molecular flexibility index (Phi) is 4.30. The van der Waals surface area contributed by atoms with Gasteiger partial charge in [-0.1, -0.05) is 0 Å². The predicted molar refractivity (Wildman–Crippen MR) is 78.6 cm³/mol. The maximum absolute atomic E-state index is 11.2. The topological polar surface area (TPSA) is 121 Å². The van der Waals surface area contributed by atoms with Crippen molar-refractivity contribution in [3.8, 4) is 0 Å². The molecular formula is C11H16N6O2S. The van der Waals surface area contributed by atoms with Crippen molar-refractivity contribution in [3.05, 3.63) is 6.33 Å². The van der Waals surface area contributed by atoms with Crippen molar-refractivity contribution >= 4 is 39.7 Å². The predicted octanol–water partition coefficient (Wildman–Crippen LogP) is 1.22. The SMILES string of the molecule is CCOCn1c(N)c(SC(N)=O)c2c(NC)ncnc21. The Hall–Kier alpha value is -2.00. The van der Waals surface area contributed by atoms with E-state index in [1.165, 1.54) is 6.33 Å². The lowest BCUT2D eigenvalue weighted by atomic mass is 10.3. The molecule has 0 fully saturated rings. The van der Waals surface area contributed by atoms with E-state index in [1.54, 1.807) is 11.6 Å². The average molecular weight is 296 g/mol. The summed E-state index contributed by atoms with van der Waals surface area (Å²) < 4.78 is 7.06. The van der Waals surface area contributed by atoms with Crippen LogP contribution >= 0.6 is 11.8 Å². The average Bonchev–Trinajstić information content (AvgIpc) is 2.69. The number of thioether (sulfide) groups is 1. The number of rotatable bonds is 5. The van der Waals surface area contributed by atoms with Crippen molar-refractivity contribution in [2.45, 2.75) is 18.6 Å². The Morgan fingerprint density at radius 1 is 1.55 bits per heavy atom. The Balaban J connectivity index is 2.68. The van der Waals surface area contributed by atoms with Crippen molar-refractivity contribution in [2.75, 3.05) is 24.7 Å². The first-order valence-electron chi connectivity index (χ1n) is 5.95. The van der Waals surface area contributed by atoms with Crippen LogP contribution in [0.2, 0.25) is 0 Å². The zero-order valence-electron chi connectivity index (χ0n) is 11.2. The molecular weight excluding hydrogens is 280 g/mol. The van der Waals surface area contributed by atoms with E-state index in [1.807, 2.05) is 6.92 Å². The first kappa shape index (κ1) is 14.4. The van der Waals surface area contributed by atoms with E-state index in [2.05, 4.69) is 15.3 Å². The minimum atomic E-state index is -0.543. The van der Waals surface area contributed by atoms with Crippen molar-refractivity contribution in [3.63, 3.8) is 0 Å². The van der Waals surface area contributed by atoms with Gasteiger partial charge in [-0.3, -0.25) is 9.36 Å². The molecule has 0 aliphatic heterocycles. The number of fused-ring (bicyclic) bond motifs is 1. The van der Waals surface area contributed by atoms with Crippen molar-refractivity contribution in [2.24, 2.45) is 5.73 Å². The fourth-order valence-corrected chi connectivity index (χ4v) is 2.57. The maximum atomic E-state index is 11.2. The first-order valence-corrected chi connectivity index (χ1v) is 6.77. The van der Waals surface area contributed by atoms with E-state index in [0.717, 1.165) is 11.8 Å². The Morgan fingerprint density at radius 3 is 2.90 bits per heavy atom. The van der Waals surface area contributed by atoms with Crippen molar-refractivity contribution in [1.82, 2.24) is 14.5 Å². The zero-order valence-corrected chi connectivity index (χ0v) is 12.0. The van der Waals surface area contributed by atoms with Crippen molar-refractivity contribution in [1.29, 1.82) is 0 Å². The molecule has 2 rings (SSSR count). The third-order valence-electron chi connectivity index (χ3n) is 2.70. The van der Waals surface area contributed by atoms with Crippen LogP contribution in [-0.2, 0) is 11.5 Å². The number of amides is 1. The van der Waals surface area contributed by atoms with Gasteiger partial charge in [-0.05, 0) is 18.7 Å². The molecule has 108 valence electrons. The highest BCUT2D eigenvalue weighted by atomic mass is 32.2. The second-order valence-electron chi connectivity index (χ2n) is 3.86. The van der Waals surface area contributed by atoms with Crippen LogP contribution in [0.5, 0.6) is 0 Å². The number of nitrogen functional groups attached to an aromatic ring is 1. The summed E-state index contributed by atoms with van der Waals surface area (Å²) in [6, 6.07) is 0. The molecule has 0 spiro atoms. The minimum Gasteiger partial charge on any atom is -0.384 e. The molecule has 0 saturated carbocycles. The number of nitrogens with zero attached hydrogens (tertiary/aromatic N) is 3. The Morgan fingerprint density at radius 2 is 2.30 bits per heavy atom. The fraction of sp³-hybridized carbons (Fsp3) is 0.364. The number of anilines is 2. The number of ether oxygens (including phenoxy) is 1. The van der Waals surface area contributed by atoms with Gasteiger partial charge in [0.1, 0.15) is 30.3 Å². The summed E-state index contributed by atoms with van der Waals surface area (Å²) >= 11 is 0.856. The van der Waals surface area contributed by atoms with Crippen LogP contribution in [0.4, 0.5) is 16.4 Å². The molecule has 9 heteroatoms. The molecule has 0 bridgehead atoms. The van der Waals surface area contributed by atoms with Crippen LogP contribution in [0.3, 0.4) is 0 Å². The summed E-state index contributed by atoms with van der Waals surface area (Å²) in [5.74, 6) is 0.968. The number of aromatic nitrogens is 3. The van der Waals surface area contributed by atoms with E-state index in [0.29, 0.717) is 34.2 Å². The second kappa shape index (κ2) is 5.97. The Bertz CT molecular complexity index is 641. The summed E-state index contributed by atoms with van der Waals surface area (Å²) in [6.45, 7) is 2.68. The highest BCUT2D eigenvalue weighted by Crippen LogP contribution is 2.38. The second-order valence-corrected chi connectivity index (χ2v) is 4.87. The summed E-state index contributed by atoms with van der Waals surface area (Å²) in [5.41, 5.74) is 11.9. The number of carbonyl (C=O) groups is 1. The van der Waals surface area contributed by atoms with Crippen LogP contribution in [0, 0.1) is 0 Å². The molecule has 0 radical (unpaired) electrons. The lowest BCUT2D eigenvalue weighted by Gasteiger charge is -2.06. The monoisotopic (exact) mass is 296 g/mol. The van der Waals surface area contributed by atoms with Gasteiger partial charge in [-0.15, -0.1) is 0 Å². The molecule has 20 heavy (non-hydrogen) atoms. The molecule has 8 nitrogen and oxygen atoms in total. The molecule has 0 aliphatic rings. The smallest absolute Gasteiger partial charge is 0.281 e. The molecule has 0 atom stereocenters. The van der Waals surface area contributed by atoms with Gasteiger partial charge in [0.2, 0.25) is 0 Å². The normalized spacial score (nSPS) is 10.9. The molecule has 0 aliphatic carbocycles. The van der Waals surface area contributed by atoms with Gasteiger partial charge in [0.25, 0.3) is 5.24 Å². The lowest BCUT2D eigenvalue weighted by Crippen LogP contribution is -2.07. The van der Waals surface area contributed by atoms with E-state index in [9.17, 15) is 4.79 Å². The summed E-state index contributed by atoms with van der Waals surface area (Å²) in [6.07, 6.45) is 1.43. The van der Waals surface area contributed by atoms with Gasteiger partial charge in [0.15, 0.2) is 0 Å². The molecule has 5 N–H and O–H groups in total. The molecule has 0 saturated heterocycles. The quantitative estimate of drug-likeness (QED) is 0.709. The fourth-order valence-electron chi connectivity index (χ4n) is 1.86. The number of nitrogens with two attached hydrogens (primary N) is 2. The number of nitrogens with one attached hydrogen (secondary N) is 1. The molecule has 0 unspecified atom stereocenters. The largest absolute Gasteiger partial charge is 0.384 e. The van der Waals surface area contributed by atoms with Gasteiger partial charge in [-0.2, -0.15) is 0 Å². The van der Waals surface area contributed by atoms with Gasteiger partial charge in [0.05, 0.1) is 10.3 Å². The third kappa shape index (κ3) is 2.49. The van der Waals surface area contributed by atoms with Crippen LogP contribution in [0.1, 0.15) is 6.92 Å². The lowest BCUT2D eigenvalue weighted by molar-refractivity contribution is 0.0917. The standard InChI is InChI=1S/C11H16N6O2S/c1-3-19-5-17-8(12)7(20-11(13)18)6-9(14-2)15-4-16-10(6)17/h4H,3,5,12H2,1-2H3,(H2,13,18)(H,14,15,16). The van der Waals surface area contributed by atoms with Gasteiger partial charge in [-0.25, -0.2) is 9.97 Å². The van der Waals surface area contributed by atoms with Crippen LogP contribution < -0.4 is 16.8 Å². The molecule has 2 aromatic rings. The highest BCUT2D eigenvalue weighted by Gasteiger charge is 2.21. The van der Waals surface area contributed by atoms with Gasteiger partial charge >= 0.3 is 0 Å². The molecule has 0 aromatic carbocycles. The molecule has 2 heterocycles. The maximum Gasteiger partial charge on any atom is 0.281 e. The molecule has 2 aromatic heterocycles. The number of primary amides is 1.